The van der Waals surface area contributed by atoms with Crippen LogP contribution in [-0.2, 0) is 9.53 Å². The lowest BCUT2D eigenvalue weighted by Gasteiger charge is -2.38. The first-order valence-electron chi connectivity index (χ1n) is 8.64. The number of fused-ring (bicyclic) bond motifs is 9. The number of hydrogen-bond donors (Lipinski definition) is 0. The standard InChI is InChI=1S/C18H28O2/c1-18(2,3)20-15(19)9-12-7-13-8-14(12)17-11-5-4-10(6-11)16(13)17/h10-14,16-17H,4-9H2,1-3H3. The minimum Gasteiger partial charge on any atom is -0.460 e. The Labute approximate surface area is 122 Å². The van der Waals surface area contributed by atoms with Gasteiger partial charge in [-0.1, -0.05) is 0 Å². The second-order valence-corrected chi connectivity index (χ2v) is 8.93. The van der Waals surface area contributed by atoms with E-state index < -0.39 is 0 Å². The summed E-state index contributed by atoms with van der Waals surface area (Å²) in [7, 11) is 0. The lowest BCUT2D eigenvalue weighted by Crippen LogP contribution is -2.34. The van der Waals surface area contributed by atoms with Crippen molar-refractivity contribution >= 4 is 5.97 Å². The first-order valence-corrected chi connectivity index (χ1v) is 8.64. The van der Waals surface area contributed by atoms with Gasteiger partial charge in [0.1, 0.15) is 5.60 Å². The van der Waals surface area contributed by atoms with Crippen molar-refractivity contribution in [2.75, 3.05) is 0 Å². The maximum Gasteiger partial charge on any atom is 0.306 e. The number of hydrogen-bond acceptors (Lipinski definition) is 2. The van der Waals surface area contributed by atoms with E-state index in [1.165, 1.54) is 32.1 Å². The minimum atomic E-state index is -0.330. The Morgan fingerprint density at radius 2 is 1.70 bits per heavy atom. The van der Waals surface area contributed by atoms with Gasteiger partial charge in [0.25, 0.3) is 0 Å². The predicted octanol–water partition coefficient (Wildman–Crippen LogP) is 4.04. The van der Waals surface area contributed by atoms with Crippen LogP contribution in [0.2, 0.25) is 0 Å². The molecule has 0 amide bonds. The van der Waals surface area contributed by atoms with Crippen molar-refractivity contribution in [3.63, 3.8) is 0 Å². The first kappa shape index (κ1) is 13.2. The van der Waals surface area contributed by atoms with Crippen LogP contribution in [0.25, 0.3) is 0 Å². The molecule has 112 valence electrons. The molecule has 4 fully saturated rings. The molecule has 7 unspecified atom stereocenters. The fourth-order valence-electron chi connectivity index (χ4n) is 6.53. The number of rotatable bonds is 2. The van der Waals surface area contributed by atoms with Gasteiger partial charge in [0.2, 0.25) is 0 Å². The largest absolute Gasteiger partial charge is 0.460 e. The zero-order valence-electron chi connectivity index (χ0n) is 13.1. The highest BCUT2D eigenvalue weighted by atomic mass is 16.6. The Morgan fingerprint density at radius 3 is 2.40 bits per heavy atom. The van der Waals surface area contributed by atoms with Crippen molar-refractivity contribution < 1.29 is 9.53 Å². The minimum absolute atomic E-state index is 0.0368. The molecule has 0 N–H and O–H groups in total. The summed E-state index contributed by atoms with van der Waals surface area (Å²) < 4.78 is 5.54. The molecule has 0 aromatic heterocycles. The van der Waals surface area contributed by atoms with Gasteiger partial charge in [-0.05, 0) is 94.3 Å². The van der Waals surface area contributed by atoms with Crippen molar-refractivity contribution in [3.05, 3.63) is 0 Å². The summed E-state index contributed by atoms with van der Waals surface area (Å²) in [6.45, 7) is 5.91. The fourth-order valence-corrected chi connectivity index (χ4v) is 6.53. The van der Waals surface area contributed by atoms with E-state index >= 15 is 0 Å². The van der Waals surface area contributed by atoms with Crippen molar-refractivity contribution in [1.29, 1.82) is 0 Å². The van der Waals surface area contributed by atoms with E-state index in [0.29, 0.717) is 12.3 Å². The molecule has 0 radical (unpaired) electrons. The van der Waals surface area contributed by atoms with Gasteiger partial charge in [-0.2, -0.15) is 0 Å². The highest BCUT2D eigenvalue weighted by Gasteiger charge is 2.62. The second-order valence-electron chi connectivity index (χ2n) is 8.93. The summed E-state index contributed by atoms with van der Waals surface area (Å²) in [5.74, 6) is 6.59. The third kappa shape index (κ3) is 1.94. The van der Waals surface area contributed by atoms with E-state index in [9.17, 15) is 4.79 Å². The lowest BCUT2D eigenvalue weighted by atomic mass is 9.67. The van der Waals surface area contributed by atoms with Crippen LogP contribution in [-0.4, -0.2) is 11.6 Å². The molecule has 4 rings (SSSR count). The molecule has 4 aliphatic carbocycles. The monoisotopic (exact) mass is 276 g/mol. The van der Waals surface area contributed by atoms with Crippen LogP contribution in [0.3, 0.4) is 0 Å². The van der Waals surface area contributed by atoms with Gasteiger partial charge < -0.3 is 4.74 Å². The smallest absolute Gasteiger partial charge is 0.306 e. The normalized spacial score (nSPS) is 48.6. The Bertz CT molecular complexity index is 422. The van der Waals surface area contributed by atoms with E-state index in [1.54, 1.807) is 0 Å². The second kappa shape index (κ2) is 4.24. The topological polar surface area (TPSA) is 26.3 Å². The van der Waals surface area contributed by atoms with Crippen molar-refractivity contribution in [2.24, 2.45) is 41.4 Å². The van der Waals surface area contributed by atoms with Gasteiger partial charge in [-0.25, -0.2) is 0 Å². The Kier molecular flexibility index (Phi) is 2.79. The molecule has 2 heteroatoms. The molecule has 0 heterocycles. The van der Waals surface area contributed by atoms with E-state index in [4.69, 9.17) is 4.74 Å². The summed E-state index contributed by atoms with van der Waals surface area (Å²) in [5, 5.41) is 0. The first-order chi connectivity index (χ1) is 9.42. The van der Waals surface area contributed by atoms with E-state index in [1.807, 2.05) is 20.8 Å². The molecule has 20 heavy (non-hydrogen) atoms. The van der Waals surface area contributed by atoms with Gasteiger partial charge in [0.15, 0.2) is 0 Å². The van der Waals surface area contributed by atoms with Gasteiger partial charge in [0, 0.05) is 6.42 Å². The molecule has 0 aliphatic heterocycles. The summed E-state index contributed by atoms with van der Waals surface area (Å²) in [6, 6.07) is 0. The molecule has 0 aromatic rings. The van der Waals surface area contributed by atoms with Crippen molar-refractivity contribution in [1.82, 2.24) is 0 Å². The number of ether oxygens (including phenoxy) is 1. The fraction of sp³-hybridized carbons (Fsp3) is 0.944. The van der Waals surface area contributed by atoms with Crippen LogP contribution in [0.5, 0.6) is 0 Å². The zero-order chi connectivity index (χ0) is 14.1. The van der Waals surface area contributed by atoms with Gasteiger partial charge >= 0.3 is 5.97 Å². The Balaban J connectivity index is 1.42. The zero-order valence-corrected chi connectivity index (χ0v) is 13.1. The highest BCUT2D eigenvalue weighted by molar-refractivity contribution is 5.70. The average molecular weight is 276 g/mol. The molecule has 7 atom stereocenters. The summed E-state index contributed by atoms with van der Waals surface area (Å²) in [6.07, 6.45) is 7.92. The molecule has 4 saturated carbocycles. The molecule has 0 aromatic carbocycles. The van der Waals surface area contributed by atoms with Gasteiger partial charge in [0.05, 0.1) is 0 Å². The average Bonchev–Trinajstić information content (AvgIpc) is 3.03. The third-order valence-corrected chi connectivity index (χ3v) is 6.72. The van der Waals surface area contributed by atoms with Crippen LogP contribution in [0.1, 0.15) is 59.3 Å². The van der Waals surface area contributed by atoms with Crippen LogP contribution >= 0.6 is 0 Å². The van der Waals surface area contributed by atoms with E-state index in [-0.39, 0.29) is 11.6 Å². The summed E-state index contributed by atoms with van der Waals surface area (Å²) >= 11 is 0. The van der Waals surface area contributed by atoms with E-state index in [2.05, 4.69) is 0 Å². The van der Waals surface area contributed by atoms with E-state index in [0.717, 1.165) is 35.5 Å². The van der Waals surface area contributed by atoms with Crippen LogP contribution in [0.4, 0.5) is 0 Å². The Morgan fingerprint density at radius 1 is 1.00 bits per heavy atom. The van der Waals surface area contributed by atoms with Crippen LogP contribution in [0.15, 0.2) is 0 Å². The predicted molar refractivity (Wildman–Crippen MR) is 78.0 cm³/mol. The van der Waals surface area contributed by atoms with Gasteiger partial charge in [-0.15, -0.1) is 0 Å². The molecule has 4 bridgehead atoms. The molecular formula is C18H28O2. The Hall–Kier alpha value is -0.530. The number of carbonyl (C=O) groups excluding carboxylic acids is 1. The lowest BCUT2D eigenvalue weighted by molar-refractivity contribution is -0.156. The molecular weight excluding hydrogens is 248 g/mol. The number of esters is 1. The maximum atomic E-state index is 12.1. The summed E-state index contributed by atoms with van der Waals surface area (Å²) in [5.41, 5.74) is -0.330. The highest BCUT2D eigenvalue weighted by Crippen LogP contribution is 2.69. The quantitative estimate of drug-likeness (QED) is 0.562. The van der Waals surface area contributed by atoms with Crippen molar-refractivity contribution in [2.45, 2.75) is 64.9 Å². The molecule has 0 saturated heterocycles. The van der Waals surface area contributed by atoms with Crippen LogP contribution in [0, 0.1) is 41.4 Å². The maximum absolute atomic E-state index is 12.1. The SMILES string of the molecule is CC(C)(C)OC(=O)CC1CC2CC1C1C3CCC(C3)C21. The summed E-state index contributed by atoms with van der Waals surface area (Å²) in [4.78, 5) is 12.1. The van der Waals surface area contributed by atoms with Crippen molar-refractivity contribution in [3.8, 4) is 0 Å². The van der Waals surface area contributed by atoms with Gasteiger partial charge in [-0.3, -0.25) is 4.79 Å². The number of carbonyl (C=O) groups is 1. The molecule has 2 nitrogen and oxygen atoms in total. The third-order valence-electron chi connectivity index (χ3n) is 6.72. The van der Waals surface area contributed by atoms with Crippen LogP contribution < -0.4 is 0 Å². The molecule has 0 spiro atoms. The molecule has 4 aliphatic rings.